The van der Waals surface area contributed by atoms with E-state index in [0.717, 1.165) is 33.5 Å². The average molecular weight is 407 g/mol. The van der Waals surface area contributed by atoms with Gasteiger partial charge in [0, 0.05) is 28.7 Å². The Bertz CT molecular complexity index is 1090. The van der Waals surface area contributed by atoms with Crippen LogP contribution in [-0.4, -0.2) is 19.7 Å². The van der Waals surface area contributed by atoms with Gasteiger partial charge in [-0.25, -0.2) is 0 Å². The molecule has 2 aromatic heterocycles. The Labute approximate surface area is 173 Å². The van der Waals surface area contributed by atoms with E-state index in [4.69, 9.17) is 11.6 Å². The third kappa shape index (κ3) is 3.96. The third-order valence-corrected chi connectivity index (χ3v) is 5.69. The van der Waals surface area contributed by atoms with Crippen LogP contribution in [-0.2, 0) is 5.75 Å². The topological polar surface area (TPSA) is 43.6 Å². The SMILES string of the molecule is Cc1ccc(CSc2nnc(-c3cccnc3)n2-c2cc(Cl)ccc2C)cc1. The molecule has 0 bridgehead atoms. The van der Waals surface area contributed by atoms with Crippen LogP contribution in [0.15, 0.2) is 72.1 Å². The molecule has 0 spiro atoms. The Kier molecular flexibility index (Phi) is 5.46. The van der Waals surface area contributed by atoms with Crippen molar-refractivity contribution >= 4 is 23.4 Å². The van der Waals surface area contributed by atoms with Crippen molar-refractivity contribution in [3.8, 4) is 17.1 Å². The Hall–Kier alpha value is -2.63. The number of hydrogen-bond acceptors (Lipinski definition) is 4. The second-order valence-corrected chi connectivity index (χ2v) is 7.97. The first-order valence-corrected chi connectivity index (χ1v) is 10.3. The third-order valence-electron chi connectivity index (χ3n) is 4.45. The van der Waals surface area contributed by atoms with E-state index < -0.39 is 0 Å². The van der Waals surface area contributed by atoms with Crippen molar-refractivity contribution in [3.05, 3.63) is 88.7 Å². The standard InChI is InChI=1S/C22H19ClN4S/c1-15-5-8-17(9-6-15)14-28-22-26-25-21(18-4-3-11-24-13-18)27(22)20-12-19(23)10-7-16(20)2/h3-13H,14H2,1-2H3. The molecule has 0 radical (unpaired) electrons. The minimum absolute atomic E-state index is 0.681. The first-order chi connectivity index (χ1) is 13.6. The number of hydrogen-bond donors (Lipinski definition) is 0. The molecule has 2 aromatic carbocycles. The number of thioether (sulfide) groups is 1. The summed E-state index contributed by atoms with van der Waals surface area (Å²) in [4.78, 5) is 4.23. The fraction of sp³-hybridized carbons (Fsp3) is 0.136. The summed E-state index contributed by atoms with van der Waals surface area (Å²) in [7, 11) is 0. The van der Waals surface area contributed by atoms with Crippen LogP contribution in [0.4, 0.5) is 0 Å². The van der Waals surface area contributed by atoms with E-state index in [1.54, 1.807) is 24.2 Å². The van der Waals surface area contributed by atoms with Crippen LogP contribution in [0, 0.1) is 13.8 Å². The molecule has 0 fully saturated rings. The van der Waals surface area contributed by atoms with Crippen molar-refractivity contribution in [1.29, 1.82) is 0 Å². The van der Waals surface area contributed by atoms with E-state index in [-0.39, 0.29) is 0 Å². The summed E-state index contributed by atoms with van der Waals surface area (Å²) in [6.07, 6.45) is 3.55. The summed E-state index contributed by atoms with van der Waals surface area (Å²) in [6.45, 7) is 4.16. The second-order valence-electron chi connectivity index (χ2n) is 6.59. The fourth-order valence-electron chi connectivity index (χ4n) is 2.92. The van der Waals surface area contributed by atoms with Gasteiger partial charge < -0.3 is 0 Å². The van der Waals surface area contributed by atoms with Crippen molar-refractivity contribution in [2.75, 3.05) is 0 Å². The predicted molar refractivity (Wildman–Crippen MR) is 115 cm³/mol. The Morgan fingerprint density at radius 1 is 1.00 bits per heavy atom. The lowest BCUT2D eigenvalue weighted by molar-refractivity contribution is 0.880. The van der Waals surface area contributed by atoms with Gasteiger partial charge in [-0.1, -0.05) is 59.3 Å². The molecule has 0 atom stereocenters. The van der Waals surface area contributed by atoms with Crippen molar-refractivity contribution in [1.82, 2.24) is 19.7 Å². The molecule has 6 heteroatoms. The molecule has 4 rings (SSSR count). The van der Waals surface area contributed by atoms with E-state index in [1.807, 2.05) is 30.3 Å². The number of rotatable bonds is 5. The minimum Gasteiger partial charge on any atom is -0.270 e. The van der Waals surface area contributed by atoms with E-state index in [9.17, 15) is 0 Å². The van der Waals surface area contributed by atoms with Gasteiger partial charge in [0.15, 0.2) is 11.0 Å². The van der Waals surface area contributed by atoms with Crippen LogP contribution >= 0.6 is 23.4 Å². The normalized spacial score (nSPS) is 11.0. The van der Waals surface area contributed by atoms with Crippen molar-refractivity contribution in [2.45, 2.75) is 24.8 Å². The number of nitrogens with zero attached hydrogens (tertiary/aromatic N) is 4. The maximum atomic E-state index is 6.30. The van der Waals surface area contributed by atoms with Gasteiger partial charge >= 0.3 is 0 Å². The highest BCUT2D eigenvalue weighted by Crippen LogP contribution is 2.32. The quantitative estimate of drug-likeness (QED) is 0.387. The van der Waals surface area contributed by atoms with Gasteiger partial charge in [-0.15, -0.1) is 10.2 Å². The first kappa shape index (κ1) is 18.7. The number of halogens is 1. The fourth-order valence-corrected chi connectivity index (χ4v) is 3.99. The zero-order valence-electron chi connectivity index (χ0n) is 15.6. The second kappa shape index (κ2) is 8.17. The van der Waals surface area contributed by atoms with E-state index in [2.05, 4.69) is 57.9 Å². The highest BCUT2D eigenvalue weighted by molar-refractivity contribution is 7.98. The number of aromatic nitrogens is 4. The maximum Gasteiger partial charge on any atom is 0.196 e. The molecule has 0 saturated carbocycles. The molecule has 0 aliphatic carbocycles. The van der Waals surface area contributed by atoms with Gasteiger partial charge in [0.2, 0.25) is 0 Å². The Morgan fingerprint density at radius 2 is 1.82 bits per heavy atom. The maximum absolute atomic E-state index is 6.30. The zero-order valence-corrected chi connectivity index (χ0v) is 17.2. The molecule has 28 heavy (non-hydrogen) atoms. The van der Waals surface area contributed by atoms with Gasteiger partial charge in [0.05, 0.1) is 5.69 Å². The highest BCUT2D eigenvalue weighted by atomic mass is 35.5. The molecular formula is C22H19ClN4S. The summed E-state index contributed by atoms with van der Waals surface area (Å²) in [5, 5.41) is 10.5. The predicted octanol–water partition coefficient (Wildman–Crippen LogP) is 5.89. The lowest BCUT2D eigenvalue weighted by Gasteiger charge is -2.13. The van der Waals surface area contributed by atoms with Crippen molar-refractivity contribution in [2.24, 2.45) is 0 Å². The summed E-state index contributed by atoms with van der Waals surface area (Å²) in [6, 6.07) is 18.3. The van der Waals surface area contributed by atoms with Crippen molar-refractivity contribution in [3.63, 3.8) is 0 Å². The van der Waals surface area contributed by atoms with E-state index >= 15 is 0 Å². The largest absolute Gasteiger partial charge is 0.270 e. The lowest BCUT2D eigenvalue weighted by Crippen LogP contribution is -2.02. The first-order valence-electron chi connectivity index (χ1n) is 8.92. The van der Waals surface area contributed by atoms with Gasteiger partial charge in [-0.2, -0.15) is 0 Å². The molecule has 2 heterocycles. The number of aryl methyl sites for hydroxylation is 2. The molecule has 0 amide bonds. The molecular weight excluding hydrogens is 388 g/mol. The molecule has 0 aliphatic heterocycles. The van der Waals surface area contributed by atoms with E-state index in [1.165, 1.54) is 11.1 Å². The number of benzene rings is 2. The average Bonchev–Trinajstić information content (AvgIpc) is 3.14. The summed E-state index contributed by atoms with van der Waals surface area (Å²) in [5.41, 5.74) is 5.49. The molecule has 140 valence electrons. The molecule has 4 nitrogen and oxygen atoms in total. The van der Waals surface area contributed by atoms with Crippen LogP contribution in [0.2, 0.25) is 5.02 Å². The van der Waals surface area contributed by atoms with Gasteiger partial charge in [0.25, 0.3) is 0 Å². The van der Waals surface area contributed by atoms with Gasteiger partial charge in [-0.3, -0.25) is 9.55 Å². The van der Waals surface area contributed by atoms with Gasteiger partial charge in [-0.05, 0) is 49.2 Å². The van der Waals surface area contributed by atoms with Gasteiger partial charge in [0.1, 0.15) is 0 Å². The molecule has 0 aliphatic rings. The van der Waals surface area contributed by atoms with Crippen LogP contribution in [0.5, 0.6) is 0 Å². The van der Waals surface area contributed by atoms with Crippen LogP contribution < -0.4 is 0 Å². The van der Waals surface area contributed by atoms with Crippen molar-refractivity contribution < 1.29 is 0 Å². The molecule has 0 saturated heterocycles. The molecule has 0 unspecified atom stereocenters. The Balaban J connectivity index is 1.77. The number of pyridine rings is 1. The summed E-state index contributed by atoms with van der Waals surface area (Å²) < 4.78 is 2.07. The Morgan fingerprint density at radius 3 is 2.57 bits per heavy atom. The lowest BCUT2D eigenvalue weighted by atomic mass is 10.2. The van der Waals surface area contributed by atoms with Crippen LogP contribution in [0.25, 0.3) is 17.1 Å². The minimum atomic E-state index is 0.681. The monoisotopic (exact) mass is 406 g/mol. The van der Waals surface area contributed by atoms with Crippen LogP contribution in [0.1, 0.15) is 16.7 Å². The summed E-state index contributed by atoms with van der Waals surface area (Å²) in [5.74, 6) is 1.57. The summed E-state index contributed by atoms with van der Waals surface area (Å²) >= 11 is 7.96. The molecule has 4 aromatic rings. The van der Waals surface area contributed by atoms with Crippen LogP contribution in [0.3, 0.4) is 0 Å². The van der Waals surface area contributed by atoms with E-state index in [0.29, 0.717) is 5.02 Å². The zero-order chi connectivity index (χ0) is 19.5. The highest BCUT2D eigenvalue weighted by Gasteiger charge is 2.18. The smallest absolute Gasteiger partial charge is 0.196 e. The molecule has 0 N–H and O–H groups in total.